The van der Waals surface area contributed by atoms with Crippen LogP contribution in [0.3, 0.4) is 0 Å². The lowest BCUT2D eigenvalue weighted by molar-refractivity contribution is 0.318. The van der Waals surface area contributed by atoms with E-state index >= 15 is 0 Å². The Kier molecular flexibility index (Phi) is 5.26. The molecule has 0 radical (unpaired) electrons. The van der Waals surface area contributed by atoms with Gasteiger partial charge in [-0.05, 0) is 61.0 Å². The third kappa shape index (κ3) is 3.65. The Morgan fingerprint density at radius 1 is 1.03 bits per heavy atom. The summed E-state index contributed by atoms with van der Waals surface area (Å²) in [5.74, 6) is 1.54. The highest BCUT2D eigenvalue weighted by Crippen LogP contribution is 2.36. The van der Waals surface area contributed by atoms with E-state index in [0.717, 1.165) is 16.8 Å². The van der Waals surface area contributed by atoms with Crippen molar-refractivity contribution in [3.05, 3.63) is 66.4 Å². The van der Waals surface area contributed by atoms with Gasteiger partial charge < -0.3 is 19.7 Å². The van der Waals surface area contributed by atoms with Crippen LogP contribution in [0.25, 0.3) is 16.9 Å². The summed E-state index contributed by atoms with van der Waals surface area (Å²) in [5, 5.41) is 19.8. The highest BCUT2D eigenvalue weighted by molar-refractivity contribution is 5.86. The summed E-state index contributed by atoms with van der Waals surface area (Å²) in [6, 6.07) is 15.8. The van der Waals surface area contributed by atoms with Crippen LogP contribution in [0.5, 0.6) is 23.0 Å². The van der Waals surface area contributed by atoms with Crippen LogP contribution in [-0.4, -0.2) is 39.5 Å². The number of hydrogen-bond acceptors (Lipinski definition) is 6. The van der Waals surface area contributed by atoms with Gasteiger partial charge in [0.1, 0.15) is 11.3 Å². The predicted molar refractivity (Wildman–Crippen MR) is 115 cm³/mol. The summed E-state index contributed by atoms with van der Waals surface area (Å²) in [6.45, 7) is 2.31. The van der Waals surface area contributed by atoms with Gasteiger partial charge in [-0.1, -0.05) is 6.07 Å². The first-order valence-electron chi connectivity index (χ1n) is 9.45. The van der Waals surface area contributed by atoms with Gasteiger partial charge in [-0.3, -0.25) is 4.40 Å². The Morgan fingerprint density at radius 3 is 2.63 bits per heavy atom. The van der Waals surface area contributed by atoms with Crippen LogP contribution >= 0.6 is 0 Å². The maximum Gasteiger partial charge on any atom is 0.165 e. The first-order valence-corrected chi connectivity index (χ1v) is 9.45. The van der Waals surface area contributed by atoms with Crippen molar-refractivity contribution >= 4 is 17.7 Å². The minimum absolute atomic E-state index is 0.0580. The molecule has 0 bridgehead atoms. The molecule has 0 spiro atoms. The Hall–Kier alpha value is -4.00. The van der Waals surface area contributed by atoms with Crippen LogP contribution in [0.4, 0.5) is 5.82 Å². The second-order valence-electron chi connectivity index (χ2n) is 6.52. The number of hydrogen-bond donors (Lipinski definition) is 2. The number of fused-ring (bicyclic) bond motifs is 1. The number of phenolic OH excluding ortho intramolecular Hbond substituents is 2. The number of phenols is 2. The SMILES string of the molecule is CCOc1cc(/C=N/c2c(-c3ccc(O)c(OC)c3)nc3ccccn23)ccc1O. The van der Waals surface area contributed by atoms with Crippen molar-refractivity contribution in [1.29, 1.82) is 0 Å². The summed E-state index contributed by atoms with van der Waals surface area (Å²) in [5.41, 5.74) is 2.93. The zero-order valence-corrected chi connectivity index (χ0v) is 16.6. The van der Waals surface area contributed by atoms with Crippen molar-refractivity contribution in [3.8, 4) is 34.3 Å². The van der Waals surface area contributed by atoms with E-state index in [4.69, 9.17) is 14.5 Å². The summed E-state index contributed by atoms with van der Waals surface area (Å²) < 4.78 is 12.6. The molecule has 0 aliphatic carbocycles. The number of aromatic hydroxyl groups is 2. The fraction of sp³-hybridized carbons (Fsp3) is 0.130. The molecule has 0 fully saturated rings. The third-order valence-corrected chi connectivity index (χ3v) is 4.58. The standard InChI is InChI=1S/C23H21N3O4/c1-3-30-20-12-15(7-9-18(20)28)14-24-23-22(25-21-6-4-5-11-26(21)23)16-8-10-17(27)19(13-16)29-2/h4-14,27-28H,3H2,1-2H3/b24-14+. The molecule has 0 aliphatic heterocycles. The molecule has 0 amide bonds. The van der Waals surface area contributed by atoms with Crippen LogP contribution in [0.1, 0.15) is 12.5 Å². The van der Waals surface area contributed by atoms with Gasteiger partial charge in [0, 0.05) is 18.0 Å². The summed E-state index contributed by atoms with van der Waals surface area (Å²) in [6.07, 6.45) is 3.58. The molecule has 4 aromatic rings. The predicted octanol–water partition coefficient (Wildman–Crippen LogP) is 4.57. The van der Waals surface area contributed by atoms with Crippen LogP contribution in [0, 0.1) is 0 Å². The number of nitrogens with zero attached hydrogens (tertiary/aromatic N) is 3. The first-order chi connectivity index (χ1) is 14.6. The maximum absolute atomic E-state index is 9.92. The molecule has 2 aromatic heterocycles. The van der Waals surface area contributed by atoms with Crippen molar-refractivity contribution in [2.45, 2.75) is 6.92 Å². The van der Waals surface area contributed by atoms with E-state index in [1.807, 2.05) is 35.7 Å². The molecule has 2 N–H and O–H groups in total. The molecular weight excluding hydrogens is 382 g/mol. The second-order valence-corrected chi connectivity index (χ2v) is 6.52. The quantitative estimate of drug-likeness (QED) is 0.461. The Bertz CT molecular complexity index is 1230. The lowest BCUT2D eigenvalue weighted by Gasteiger charge is -2.07. The molecule has 30 heavy (non-hydrogen) atoms. The fourth-order valence-corrected chi connectivity index (χ4v) is 3.14. The van der Waals surface area contributed by atoms with E-state index in [2.05, 4.69) is 4.99 Å². The molecular formula is C23H21N3O4. The highest BCUT2D eigenvalue weighted by Gasteiger charge is 2.15. The van der Waals surface area contributed by atoms with Crippen molar-refractivity contribution in [3.63, 3.8) is 0 Å². The zero-order valence-electron chi connectivity index (χ0n) is 16.6. The molecule has 152 valence electrons. The van der Waals surface area contributed by atoms with Gasteiger partial charge in [0.15, 0.2) is 28.8 Å². The lowest BCUT2D eigenvalue weighted by Crippen LogP contribution is -1.93. The highest BCUT2D eigenvalue weighted by atomic mass is 16.5. The van der Waals surface area contributed by atoms with Gasteiger partial charge in [-0.2, -0.15) is 0 Å². The van der Waals surface area contributed by atoms with Crippen molar-refractivity contribution < 1.29 is 19.7 Å². The molecule has 0 saturated carbocycles. The normalized spacial score (nSPS) is 11.3. The average Bonchev–Trinajstić information content (AvgIpc) is 3.13. The molecule has 4 rings (SSSR count). The van der Waals surface area contributed by atoms with E-state index < -0.39 is 0 Å². The van der Waals surface area contributed by atoms with E-state index in [1.54, 1.807) is 42.6 Å². The van der Waals surface area contributed by atoms with Gasteiger partial charge in [-0.25, -0.2) is 9.98 Å². The Balaban J connectivity index is 1.82. The van der Waals surface area contributed by atoms with Gasteiger partial charge >= 0.3 is 0 Å². The fourth-order valence-electron chi connectivity index (χ4n) is 3.14. The maximum atomic E-state index is 9.92. The minimum Gasteiger partial charge on any atom is -0.504 e. The number of pyridine rings is 1. The number of benzene rings is 2. The van der Waals surface area contributed by atoms with Crippen LogP contribution < -0.4 is 9.47 Å². The van der Waals surface area contributed by atoms with Gasteiger partial charge in [0.05, 0.1) is 13.7 Å². The smallest absolute Gasteiger partial charge is 0.165 e. The minimum atomic E-state index is 0.0580. The largest absolute Gasteiger partial charge is 0.504 e. The first kappa shape index (κ1) is 19.3. The van der Waals surface area contributed by atoms with Gasteiger partial charge in [0.25, 0.3) is 0 Å². The average molecular weight is 403 g/mol. The molecule has 2 aromatic carbocycles. The second kappa shape index (κ2) is 8.16. The summed E-state index contributed by atoms with van der Waals surface area (Å²) in [7, 11) is 1.50. The van der Waals surface area contributed by atoms with Crippen molar-refractivity contribution in [1.82, 2.24) is 9.38 Å². The summed E-state index contributed by atoms with van der Waals surface area (Å²) >= 11 is 0. The lowest BCUT2D eigenvalue weighted by atomic mass is 10.1. The van der Waals surface area contributed by atoms with E-state index in [0.29, 0.717) is 29.6 Å². The Morgan fingerprint density at radius 2 is 1.83 bits per heavy atom. The Labute approximate surface area is 173 Å². The topological polar surface area (TPSA) is 88.6 Å². The molecule has 7 heteroatoms. The van der Waals surface area contributed by atoms with E-state index in [-0.39, 0.29) is 11.5 Å². The molecule has 0 saturated heterocycles. The number of ether oxygens (including phenoxy) is 2. The molecule has 7 nitrogen and oxygen atoms in total. The van der Waals surface area contributed by atoms with Crippen molar-refractivity contribution in [2.24, 2.45) is 4.99 Å². The number of imidazole rings is 1. The monoisotopic (exact) mass is 403 g/mol. The molecule has 0 atom stereocenters. The van der Waals surface area contributed by atoms with Gasteiger partial charge in [-0.15, -0.1) is 0 Å². The van der Waals surface area contributed by atoms with Crippen LogP contribution in [-0.2, 0) is 0 Å². The zero-order chi connectivity index (χ0) is 21.1. The number of methoxy groups -OCH3 is 1. The molecule has 0 unspecified atom stereocenters. The molecule has 2 heterocycles. The third-order valence-electron chi connectivity index (χ3n) is 4.58. The van der Waals surface area contributed by atoms with Crippen molar-refractivity contribution in [2.75, 3.05) is 13.7 Å². The summed E-state index contributed by atoms with van der Waals surface area (Å²) in [4.78, 5) is 9.39. The number of aliphatic imine (C=N–C) groups is 1. The number of aromatic nitrogens is 2. The van der Waals surface area contributed by atoms with E-state index in [9.17, 15) is 10.2 Å². The van der Waals surface area contributed by atoms with Crippen LogP contribution in [0.15, 0.2) is 65.8 Å². The van der Waals surface area contributed by atoms with E-state index in [1.165, 1.54) is 7.11 Å². The van der Waals surface area contributed by atoms with Crippen LogP contribution in [0.2, 0.25) is 0 Å². The number of rotatable bonds is 6. The van der Waals surface area contributed by atoms with Gasteiger partial charge in [0.2, 0.25) is 0 Å². The molecule has 0 aliphatic rings.